The Morgan fingerprint density at radius 2 is 2.17 bits per heavy atom. The number of fused-ring (bicyclic) bond motifs is 1. The van der Waals surface area contributed by atoms with Crippen molar-refractivity contribution in [2.75, 3.05) is 19.8 Å². The van der Waals surface area contributed by atoms with E-state index in [4.69, 9.17) is 9.84 Å². The Kier molecular flexibility index (Phi) is 4.74. The van der Waals surface area contributed by atoms with E-state index in [1.807, 2.05) is 11.3 Å². The first-order chi connectivity index (χ1) is 11.7. The average molecular weight is 346 g/mol. The molecule has 1 atom stereocenters. The van der Waals surface area contributed by atoms with Gasteiger partial charge in [0.25, 0.3) is 0 Å². The van der Waals surface area contributed by atoms with Gasteiger partial charge in [-0.05, 0) is 44.7 Å². The summed E-state index contributed by atoms with van der Waals surface area (Å²) in [7, 11) is 0. The highest BCUT2D eigenvalue weighted by Crippen LogP contribution is 2.32. The Morgan fingerprint density at radius 3 is 2.88 bits per heavy atom. The lowest BCUT2D eigenvalue weighted by Gasteiger charge is -2.31. The monoisotopic (exact) mass is 345 g/mol. The summed E-state index contributed by atoms with van der Waals surface area (Å²) in [6.45, 7) is 10.1. The van der Waals surface area contributed by atoms with Crippen molar-refractivity contribution in [2.45, 2.75) is 52.2 Å². The van der Waals surface area contributed by atoms with Crippen molar-refractivity contribution in [2.24, 2.45) is 5.92 Å². The SMILES string of the molecule is CCn1cc2c(n1)[C@@H](COCC1CC1)CN(Cc1ccc(C)s1)C2. The second-order valence-electron chi connectivity index (χ2n) is 7.26. The molecule has 0 amide bonds. The molecule has 0 bridgehead atoms. The third-order valence-corrected chi connectivity index (χ3v) is 5.98. The van der Waals surface area contributed by atoms with Crippen LogP contribution in [0.4, 0.5) is 0 Å². The van der Waals surface area contributed by atoms with Crippen molar-refractivity contribution in [3.8, 4) is 0 Å². The van der Waals surface area contributed by atoms with Crippen LogP contribution in [-0.4, -0.2) is 34.4 Å². The van der Waals surface area contributed by atoms with Crippen molar-refractivity contribution in [1.29, 1.82) is 0 Å². The third-order valence-electron chi connectivity index (χ3n) is 5.00. The zero-order chi connectivity index (χ0) is 16.5. The van der Waals surface area contributed by atoms with Crippen molar-refractivity contribution in [3.05, 3.63) is 39.3 Å². The molecule has 2 aliphatic rings. The quantitative estimate of drug-likeness (QED) is 0.765. The largest absolute Gasteiger partial charge is 0.380 e. The van der Waals surface area contributed by atoms with E-state index < -0.39 is 0 Å². The van der Waals surface area contributed by atoms with Gasteiger partial charge in [0.2, 0.25) is 0 Å². The molecule has 4 nitrogen and oxygen atoms in total. The summed E-state index contributed by atoms with van der Waals surface area (Å²) in [5.41, 5.74) is 2.66. The van der Waals surface area contributed by atoms with Gasteiger partial charge in [-0.25, -0.2) is 0 Å². The van der Waals surface area contributed by atoms with Crippen molar-refractivity contribution in [1.82, 2.24) is 14.7 Å². The highest BCUT2D eigenvalue weighted by Gasteiger charge is 2.30. The minimum absolute atomic E-state index is 0.404. The molecule has 0 spiro atoms. The van der Waals surface area contributed by atoms with Gasteiger partial charge in [-0.1, -0.05) is 0 Å². The molecule has 5 heteroatoms. The zero-order valence-corrected chi connectivity index (χ0v) is 15.5. The van der Waals surface area contributed by atoms with E-state index in [1.165, 1.54) is 33.9 Å². The van der Waals surface area contributed by atoms with Gasteiger partial charge in [0.1, 0.15) is 0 Å². The van der Waals surface area contributed by atoms with E-state index in [0.29, 0.717) is 5.92 Å². The van der Waals surface area contributed by atoms with Crippen LogP contribution >= 0.6 is 11.3 Å². The van der Waals surface area contributed by atoms with E-state index in [1.54, 1.807) is 0 Å². The molecule has 0 N–H and O–H groups in total. The Labute approximate surface area is 148 Å². The molecule has 3 heterocycles. The van der Waals surface area contributed by atoms with E-state index in [9.17, 15) is 0 Å². The number of ether oxygens (including phenoxy) is 1. The van der Waals surface area contributed by atoms with Crippen LogP contribution < -0.4 is 0 Å². The third kappa shape index (κ3) is 3.73. The number of aryl methyl sites for hydroxylation is 2. The first kappa shape index (κ1) is 16.3. The van der Waals surface area contributed by atoms with Gasteiger partial charge < -0.3 is 4.74 Å². The number of nitrogens with zero attached hydrogens (tertiary/aromatic N) is 3. The van der Waals surface area contributed by atoms with Crippen LogP contribution in [0.25, 0.3) is 0 Å². The minimum Gasteiger partial charge on any atom is -0.380 e. The van der Waals surface area contributed by atoms with Crippen LogP contribution in [0.15, 0.2) is 18.3 Å². The van der Waals surface area contributed by atoms with Crippen LogP contribution in [0.3, 0.4) is 0 Å². The second kappa shape index (κ2) is 6.98. The number of hydrogen-bond acceptors (Lipinski definition) is 4. The lowest BCUT2D eigenvalue weighted by Crippen LogP contribution is -2.34. The molecule has 0 aromatic carbocycles. The summed E-state index contributed by atoms with van der Waals surface area (Å²) in [6.07, 6.45) is 4.93. The molecule has 2 aromatic heterocycles. The fraction of sp³-hybridized carbons (Fsp3) is 0.632. The van der Waals surface area contributed by atoms with Crippen LogP contribution in [-0.2, 0) is 24.4 Å². The van der Waals surface area contributed by atoms with E-state index in [0.717, 1.165) is 45.3 Å². The molecule has 1 aliphatic heterocycles. The van der Waals surface area contributed by atoms with Gasteiger partial charge in [-0.15, -0.1) is 11.3 Å². The maximum Gasteiger partial charge on any atom is 0.0736 e. The maximum absolute atomic E-state index is 6.03. The van der Waals surface area contributed by atoms with E-state index in [2.05, 4.69) is 41.8 Å². The maximum atomic E-state index is 6.03. The molecular formula is C19H27N3OS. The van der Waals surface area contributed by atoms with Gasteiger partial charge in [0.05, 0.1) is 12.3 Å². The summed E-state index contributed by atoms with van der Waals surface area (Å²) in [5, 5.41) is 4.82. The van der Waals surface area contributed by atoms with Crippen LogP contribution in [0, 0.1) is 12.8 Å². The van der Waals surface area contributed by atoms with E-state index in [-0.39, 0.29) is 0 Å². The fourth-order valence-electron chi connectivity index (χ4n) is 3.51. The first-order valence-electron chi connectivity index (χ1n) is 9.13. The number of rotatable bonds is 7. The molecule has 1 saturated carbocycles. The number of aromatic nitrogens is 2. The summed E-state index contributed by atoms with van der Waals surface area (Å²) < 4.78 is 8.11. The van der Waals surface area contributed by atoms with Crippen LogP contribution in [0.2, 0.25) is 0 Å². The highest BCUT2D eigenvalue weighted by molar-refractivity contribution is 7.11. The smallest absolute Gasteiger partial charge is 0.0736 e. The number of hydrogen-bond donors (Lipinski definition) is 0. The Bertz CT molecular complexity index is 689. The minimum atomic E-state index is 0.404. The first-order valence-corrected chi connectivity index (χ1v) is 9.94. The van der Waals surface area contributed by atoms with Crippen LogP contribution in [0.1, 0.15) is 46.7 Å². The molecule has 130 valence electrons. The lowest BCUT2D eigenvalue weighted by atomic mass is 9.97. The average Bonchev–Trinajstić information content (AvgIpc) is 3.15. The normalized spacial score (nSPS) is 21.2. The van der Waals surface area contributed by atoms with Crippen LogP contribution in [0.5, 0.6) is 0 Å². The Balaban J connectivity index is 1.46. The predicted molar refractivity (Wildman–Crippen MR) is 97.4 cm³/mol. The van der Waals surface area contributed by atoms with Crippen molar-refractivity contribution >= 4 is 11.3 Å². The van der Waals surface area contributed by atoms with Gasteiger partial charge in [-0.3, -0.25) is 9.58 Å². The lowest BCUT2D eigenvalue weighted by molar-refractivity contribution is 0.0883. The molecule has 1 aliphatic carbocycles. The Morgan fingerprint density at radius 1 is 1.29 bits per heavy atom. The fourth-order valence-corrected chi connectivity index (χ4v) is 4.45. The summed E-state index contributed by atoms with van der Waals surface area (Å²) in [6, 6.07) is 4.49. The zero-order valence-electron chi connectivity index (χ0n) is 14.7. The molecule has 4 rings (SSSR count). The highest BCUT2D eigenvalue weighted by atomic mass is 32.1. The standard InChI is InChI=1S/C19H27N3OS/c1-3-22-10-16-8-21(11-18-7-4-14(2)24-18)9-17(19(16)20-22)13-23-12-15-5-6-15/h4,7,10,15,17H,3,5-6,8-9,11-13H2,1-2H3/t17-/m1/s1. The van der Waals surface area contributed by atoms with Crippen molar-refractivity contribution < 1.29 is 4.74 Å². The molecule has 0 unspecified atom stereocenters. The molecule has 2 aromatic rings. The predicted octanol–water partition coefficient (Wildman–Crippen LogP) is 3.80. The van der Waals surface area contributed by atoms with Gasteiger partial charge in [0.15, 0.2) is 0 Å². The second-order valence-corrected chi connectivity index (χ2v) is 8.63. The van der Waals surface area contributed by atoms with Gasteiger partial charge in [0, 0.05) is 60.2 Å². The number of thiophene rings is 1. The molecular weight excluding hydrogens is 318 g/mol. The Hall–Kier alpha value is -1.17. The van der Waals surface area contributed by atoms with Crippen molar-refractivity contribution in [3.63, 3.8) is 0 Å². The van der Waals surface area contributed by atoms with Gasteiger partial charge >= 0.3 is 0 Å². The van der Waals surface area contributed by atoms with E-state index >= 15 is 0 Å². The molecule has 1 fully saturated rings. The molecule has 24 heavy (non-hydrogen) atoms. The molecule has 0 radical (unpaired) electrons. The molecule has 0 saturated heterocycles. The summed E-state index contributed by atoms with van der Waals surface area (Å²) in [4.78, 5) is 5.41. The van der Waals surface area contributed by atoms with Gasteiger partial charge in [-0.2, -0.15) is 5.10 Å². The summed E-state index contributed by atoms with van der Waals surface area (Å²) >= 11 is 1.91. The topological polar surface area (TPSA) is 30.3 Å². The summed E-state index contributed by atoms with van der Waals surface area (Å²) in [5.74, 6) is 1.23.